The Labute approximate surface area is 119 Å². The molecule has 0 bridgehead atoms. The van der Waals surface area contributed by atoms with Crippen LogP contribution < -0.4 is 4.74 Å². The molecule has 0 amide bonds. The Hall–Kier alpha value is -1.24. The average Bonchev–Trinajstić information content (AvgIpc) is 2.46. The zero-order chi connectivity index (χ0) is 13.7. The van der Waals surface area contributed by atoms with Gasteiger partial charge in [0.1, 0.15) is 5.75 Å². The summed E-state index contributed by atoms with van der Waals surface area (Å²) in [4.78, 5) is 2.37. The number of hydrogen-bond acceptors (Lipinski definition) is 3. The molecule has 0 aliphatic carbocycles. The third-order valence-corrected chi connectivity index (χ3v) is 3.92. The molecule has 0 saturated carbocycles. The van der Waals surface area contributed by atoms with Crippen molar-refractivity contribution in [2.45, 2.75) is 25.2 Å². The molecule has 1 atom stereocenters. The number of nitrogens with zero attached hydrogens (tertiary/aromatic N) is 2. The fraction of sp³-hybridized carbons (Fsp3) is 0.533. The van der Waals surface area contributed by atoms with Gasteiger partial charge in [0.15, 0.2) is 0 Å². The Balaban J connectivity index is 2.08. The van der Waals surface area contributed by atoms with Crippen molar-refractivity contribution in [3.8, 4) is 11.8 Å². The van der Waals surface area contributed by atoms with Gasteiger partial charge in [-0.2, -0.15) is 5.26 Å². The van der Waals surface area contributed by atoms with Crippen LogP contribution >= 0.6 is 11.6 Å². The predicted molar refractivity (Wildman–Crippen MR) is 76.6 cm³/mol. The minimum absolute atomic E-state index is 0.124. The van der Waals surface area contributed by atoms with Crippen LogP contribution in [0.4, 0.5) is 0 Å². The van der Waals surface area contributed by atoms with E-state index in [1.165, 1.54) is 19.3 Å². The van der Waals surface area contributed by atoms with E-state index in [9.17, 15) is 5.26 Å². The van der Waals surface area contributed by atoms with E-state index in [4.69, 9.17) is 16.3 Å². The summed E-state index contributed by atoms with van der Waals surface area (Å²) in [5, 5.41) is 9.94. The van der Waals surface area contributed by atoms with Crippen LogP contribution in [0, 0.1) is 11.3 Å². The zero-order valence-electron chi connectivity index (χ0n) is 11.2. The van der Waals surface area contributed by atoms with E-state index in [-0.39, 0.29) is 5.92 Å². The van der Waals surface area contributed by atoms with Crippen molar-refractivity contribution in [2.75, 3.05) is 26.7 Å². The first-order valence-corrected chi connectivity index (χ1v) is 7.08. The lowest BCUT2D eigenvalue weighted by Gasteiger charge is -2.28. The second kappa shape index (κ2) is 6.79. The normalized spacial score (nSPS) is 17.7. The standard InChI is InChI=1S/C15H19ClN2O/c1-19-15-6-5-12(9-14(15)16)13(10-17)11-18-7-3-2-4-8-18/h5-6,9,13H,2-4,7-8,11H2,1H3. The maximum atomic E-state index is 9.38. The van der Waals surface area contributed by atoms with Crippen LogP contribution in [-0.2, 0) is 0 Å². The molecule has 0 spiro atoms. The minimum atomic E-state index is -0.124. The van der Waals surface area contributed by atoms with Gasteiger partial charge in [0.05, 0.1) is 24.1 Å². The van der Waals surface area contributed by atoms with Gasteiger partial charge in [-0.1, -0.05) is 24.1 Å². The maximum absolute atomic E-state index is 9.38. The van der Waals surface area contributed by atoms with Gasteiger partial charge in [-0.15, -0.1) is 0 Å². The largest absolute Gasteiger partial charge is 0.495 e. The second-order valence-corrected chi connectivity index (χ2v) is 5.34. The van der Waals surface area contributed by atoms with Crippen LogP contribution in [0.15, 0.2) is 18.2 Å². The molecule has 4 heteroatoms. The lowest BCUT2D eigenvalue weighted by molar-refractivity contribution is 0.225. The molecule has 3 nitrogen and oxygen atoms in total. The highest BCUT2D eigenvalue weighted by molar-refractivity contribution is 6.32. The van der Waals surface area contributed by atoms with E-state index >= 15 is 0 Å². The number of nitriles is 1. The van der Waals surface area contributed by atoms with Gasteiger partial charge < -0.3 is 9.64 Å². The molecule has 19 heavy (non-hydrogen) atoms. The van der Waals surface area contributed by atoms with Crippen molar-refractivity contribution in [3.05, 3.63) is 28.8 Å². The van der Waals surface area contributed by atoms with Gasteiger partial charge in [-0.3, -0.25) is 0 Å². The highest BCUT2D eigenvalue weighted by Gasteiger charge is 2.18. The van der Waals surface area contributed by atoms with Gasteiger partial charge in [-0.05, 0) is 43.6 Å². The number of rotatable bonds is 4. The number of halogens is 1. The molecule has 2 rings (SSSR count). The molecule has 1 aliphatic rings. The van der Waals surface area contributed by atoms with E-state index in [0.29, 0.717) is 10.8 Å². The summed E-state index contributed by atoms with van der Waals surface area (Å²) in [6, 6.07) is 8.00. The topological polar surface area (TPSA) is 36.3 Å². The molecule has 1 aromatic carbocycles. The summed E-state index contributed by atoms with van der Waals surface area (Å²) < 4.78 is 5.14. The number of hydrogen-bond donors (Lipinski definition) is 0. The molecule has 1 fully saturated rings. The average molecular weight is 279 g/mol. The quantitative estimate of drug-likeness (QED) is 0.846. The number of methoxy groups -OCH3 is 1. The summed E-state index contributed by atoms with van der Waals surface area (Å²) in [7, 11) is 1.59. The van der Waals surface area contributed by atoms with Crippen LogP contribution in [0.2, 0.25) is 5.02 Å². The van der Waals surface area contributed by atoms with Crippen molar-refractivity contribution >= 4 is 11.6 Å². The van der Waals surface area contributed by atoms with Crippen molar-refractivity contribution in [3.63, 3.8) is 0 Å². The van der Waals surface area contributed by atoms with Crippen LogP contribution in [0.5, 0.6) is 5.75 Å². The fourth-order valence-electron chi connectivity index (χ4n) is 2.52. The first kappa shape index (κ1) is 14.2. The van der Waals surface area contributed by atoms with E-state index in [1.54, 1.807) is 7.11 Å². The van der Waals surface area contributed by atoms with Crippen molar-refractivity contribution < 1.29 is 4.74 Å². The Bertz CT molecular complexity index is 464. The first-order chi connectivity index (χ1) is 9.24. The highest BCUT2D eigenvalue weighted by atomic mass is 35.5. The molecular weight excluding hydrogens is 260 g/mol. The van der Waals surface area contributed by atoms with Gasteiger partial charge >= 0.3 is 0 Å². The minimum Gasteiger partial charge on any atom is -0.495 e. The Morgan fingerprint density at radius 3 is 2.68 bits per heavy atom. The van der Waals surface area contributed by atoms with Crippen molar-refractivity contribution in [1.29, 1.82) is 5.26 Å². The van der Waals surface area contributed by atoms with Crippen LogP contribution in [-0.4, -0.2) is 31.6 Å². The summed E-state index contributed by atoms with van der Waals surface area (Å²) in [6.45, 7) is 2.99. The third-order valence-electron chi connectivity index (χ3n) is 3.62. The summed E-state index contributed by atoms with van der Waals surface area (Å²) in [5.74, 6) is 0.529. The summed E-state index contributed by atoms with van der Waals surface area (Å²) in [5.41, 5.74) is 0.971. The van der Waals surface area contributed by atoms with Gasteiger partial charge in [0.2, 0.25) is 0 Å². The maximum Gasteiger partial charge on any atom is 0.137 e. The van der Waals surface area contributed by atoms with Crippen molar-refractivity contribution in [2.24, 2.45) is 0 Å². The lowest BCUT2D eigenvalue weighted by Crippen LogP contribution is -2.33. The van der Waals surface area contributed by atoms with E-state index in [2.05, 4.69) is 11.0 Å². The molecule has 1 aromatic rings. The van der Waals surface area contributed by atoms with Gasteiger partial charge in [0.25, 0.3) is 0 Å². The number of benzene rings is 1. The van der Waals surface area contributed by atoms with Crippen molar-refractivity contribution in [1.82, 2.24) is 4.90 Å². The molecular formula is C15H19ClN2O. The Morgan fingerprint density at radius 2 is 2.11 bits per heavy atom. The van der Waals surface area contributed by atoms with Crippen LogP contribution in [0.25, 0.3) is 0 Å². The predicted octanol–water partition coefficient (Wildman–Crippen LogP) is 3.44. The van der Waals surface area contributed by atoms with E-state index in [1.807, 2.05) is 18.2 Å². The summed E-state index contributed by atoms with van der Waals surface area (Å²) >= 11 is 6.13. The second-order valence-electron chi connectivity index (χ2n) is 4.94. The first-order valence-electron chi connectivity index (χ1n) is 6.70. The highest BCUT2D eigenvalue weighted by Crippen LogP contribution is 2.29. The molecule has 0 N–H and O–H groups in total. The SMILES string of the molecule is COc1ccc(C(C#N)CN2CCCCC2)cc1Cl. The molecule has 1 saturated heterocycles. The molecule has 1 unspecified atom stereocenters. The lowest BCUT2D eigenvalue weighted by atomic mass is 9.98. The Morgan fingerprint density at radius 1 is 1.37 bits per heavy atom. The van der Waals surface area contributed by atoms with E-state index < -0.39 is 0 Å². The molecule has 0 aromatic heterocycles. The summed E-state index contributed by atoms with van der Waals surface area (Å²) in [6.07, 6.45) is 3.78. The van der Waals surface area contributed by atoms with Gasteiger partial charge in [0, 0.05) is 6.54 Å². The zero-order valence-corrected chi connectivity index (χ0v) is 12.0. The smallest absolute Gasteiger partial charge is 0.137 e. The van der Waals surface area contributed by atoms with E-state index in [0.717, 1.165) is 25.2 Å². The Kier molecular flexibility index (Phi) is 5.07. The number of ether oxygens (including phenoxy) is 1. The third kappa shape index (κ3) is 3.62. The van der Waals surface area contributed by atoms with Crippen LogP contribution in [0.1, 0.15) is 30.7 Å². The van der Waals surface area contributed by atoms with Gasteiger partial charge in [-0.25, -0.2) is 0 Å². The molecule has 1 aliphatic heterocycles. The van der Waals surface area contributed by atoms with Crippen LogP contribution in [0.3, 0.4) is 0 Å². The molecule has 102 valence electrons. The fourth-order valence-corrected chi connectivity index (χ4v) is 2.79. The molecule has 0 radical (unpaired) electrons. The number of likely N-dealkylation sites (tertiary alicyclic amines) is 1. The molecule has 1 heterocycles. The monoisotopic (exact) mass is 278 g/mol. The number of piperidine rings is 1.